The second kappa shape index (κ2) is 13.5. The van der Waals surface area contributed by atoms with Gasteiger partial charge in [-0.25, -0.2) is 9.78 Å². The van der Waals surface area contributed by atoms with Crippen LogP contribution in [0, 0.1) is 0 Å². The summed E-state index contributed by atoms with van der Waals surface area (Å²) >= 11 is 0. The monoisotopic (exact) mass is 629 g/mol. The van der Waals surface area contributed by atoms with E-state index in [1.165, 1.54) is 16.8 Å². The van der Waals surface area contributed by atoms with E-state index in [4.69, 9.17) is 23.6 Å². The maximum atomic E-state index is 13.8. The number of nitrogens with zero attached hydrogens (tertiary/aromatic N) is 3. The predicted molar refractivity (Wildman–Crippen MR) is 180 cm³/mol. The highest BCUT2D eigenvalue weighted by Gasteiger charge is 2.19. The average Bonchev–Trinajstić information content (AvgIpc) is 3.52. The van der Waals surface area contributed by atoms with Gasteiger partial charge < -0.3 is 23.7 Å². The minimum atomic E-state index is -0.992. The average molecular weight is 630 g/mol. The number of furan rings is 1. The zero-order valence-electron chi connectivity index (χ0n) is 25.8. The molecule has 0 unspecified atom stereocenters. The van der Waals surface area contributed by atoms with Gasteiger partial charge >= 0.3 is 5.97 Å². The van der Waals surface area contributed by atoms with E-state index in [1.807, 2.05) is 37.3 Å². The van der Waals surface area contributed by atoms with Crippen LogP contribution in [-0.4, -0.2) is 40.7 Å². The number of rotatable bonds is 12. The zero-order valence-corrected chi connectivity index (χ0v) is 25.8. The Morgan fingerprint density at radius 2 is 1.81 bits per heavy atom. The second-order valence-electron chi connectivity index (χ2n) is 10.5. The van der Waals surface area contributed by atoms with Crippen LogP contribution in [0.4, 0.5) is 0 Å². The third-order valence-corrected chi connectivity index (χ3v) is 7.44. The van der Waals surface area contributed by atoms with Gasteiger partial charge in [0.05, 0.1) is 41.8 Å². The minimum Gasteiger partial charge on any atom is -0.496 e. The SMILES string of the molecule is C=CCc1cc(C=Nn2c(-c3cc4c(OC)cccc4o3)nc3ccccc3c2=O)cc(OCC)c1OCc1ccc(C(=O)O)cc1. The lowest BCUT2D eigenvalue weighted by atomic mass is 10.1. The van der Waals surface area contributed by atoms with Crippen LogP contribution in [0.15, 0.2) is 112 Å². The van der Waals surface area contributed by atoms with E-state index in [9.17, 15) is 14.7 Å². The number of carboxylic acids is 1. The van der Waals surface area contributed by atoms with Crippen LogP contribution in [0.3, 0.4) is 0 Å². The Kier molecular flexibility index (Phi) is 8.83. The van der Waals surface area contributed by atoms with Crippen molar-refractivity contribution in [2.24, 2.45) is 5.10 Å². The van der Waals surface area contributed by atoms with Gasteiger partial charge in [-0.2, -0.15) is 9.78 Å². The summed E-state index contributed by atoms with van der Waals surface area (Å²) in [5.74, 6) is 1.25. The van der Waals surface area contributed by atoms with Gasteiger partial charge in [-0.3, -0.25) is 4.79 Å². The number of fused-ring (bicyclic) bond motifs is 2. The van der Waals surface area contributed by atoms with Gasteiger partial charge in [0.2, 0.25) is 5.82 Å². The van der Waals surface area contributed by atoms with Gasteiger partial charge in [0.25, 0.3) is 5.56 Å². The standard InChI is InChI=1S/C37H31N3O7/c1-4-9-26-18-24(19-32(45-5-2)34(26)46-22-23-14-16-25(17-15-23)37(42)43)21-38-40-35(39-29-11-7-6-10-27(29)36(40)41)33-20-28-30(44-3)12-8-13-31(28)47-33/h4,6-8,10-21H,1,5,9,22H2,2-3H3,(H,42,43). The molecule has 0 aliphatic rings. The number of hydrogen-bond acceptors (Lipinski definition) is 8. The predicted octanol–water partition coefficient (Wildman–Crippen LogP) is 7.10. The summed E-state index contributed by atoms with van der Waals surface area (Å²) in [6, 6.07) is 24.5. The van der Waals surface area contributed by atoms with Gasteiger partial charge in [-0.05, 0) is 79.1 Å². The summed E-state index contributed by atoms with van der Waals surface area (Å²) in [5.41, 5.74) is 3.18. The van der Waals surface area contributed by atoms with E-state index in [1.54, 1.807) is 61.9 Å². The Balaban J connectivity index is 1.41. The van der Waals surface area contributed by atoms with Gasteiger partial charge in [-0.1, -0.05) is 36.4 Å². The summed E-state index contributed by atoms with van der Waals surface area (Å²) in [5, 5.41) is 15.0. The molecular weight excluding hydrogens is 598 g/mol. The summed E-state index contributed by atoms with van der Waals surface area (Å²) in [6.07, 6.45) is 3.79. The molecule has 2 aromatic heterocycles. The highest BCUT2D eigenvalue weighted by Crippen LogP contribution is 2.35. The van der Waals surface area contributed by atoms with Crippen molar-refractivity contribution in [2.75, 3.05) is 13.7 Å². The molecule has 4 aromatic carbocycles. The number of ether oxygens (including phenoxy) is 3. The number of aromatic carboxylic acids is 1. The molecule has 6 aromatic rings. The van der Waals surface area contributed by atoms with Crippen LogP contribution in [0.25, 0.3) is 33.5 Å². The molecule has 0 radical (unpaired) electrons. The number of allylic oxidation sites excluding steroid dienone is 1. The van der Waals surface area contributed by atoms with Crippen molar-refractivity contribution in [3.63, 3.8) is 0 Å². The van der Waals surface area contributed by atoms with E-state index in [-0.39, 0.29) is 23.6 Å². The van der Waals surface area contributed by atoms with Crippen molar-refractivity contribution in [1.29, 1.82) is 0 Å². The van der Waals surface area contributed by atoms with Crippen molar-refractivity contribution in [2.45, 2.75) is 20.0 Å². The molecule has 6 rings (SSSR count). The van der Waals surface area contributed by atoms with Crippen LogP contribution in [0.1, 0.15) is 34.0 Å². The lowest BCUT2D eigenvalue weighted by molar-refractivity contribution is 0.0697. The molecule has 0 saturated heterocycles. The number of benzene rings is 4. The fourth-order valence-corrected chi connectivity index (χ4v) is 5.23. The number of hydrogen-bond donors (Lipinski definition) is 1. The maximum absolute atomic E-state index is 13.8. The summed E-state index contributed by atoms with van der Waals surface area (Å²) < 4.78 is 25.1. The van der Waals surface area contributed by atoms with Gasteiger partial charge in [0.1, 0.15) is 17.9 Å². The molecule has 2 heterocycles. The van der Waals surface area contributed by atoms with Gasteiger partial charge in [0, 0.05) is 5.56 Å². The highest BCUT2D eigenvalue weighted by molar-refractivity contribution is 5.89. The third kappa shape index (κ3) is 6.34. The molecule has 0 saturated carbocycles. The Hall–Kier alpha value is -6.16. The van der Waals surface area contributed by atoms with Crippen molar-refractivity contribution in [3.05, 3.63) is 130 Å². The fourth-order valence-electron chi connectivity index (χ4n) is 5.23. The Bertz CT molecular complexity index is 2200. The fraction of sp³-hybridized carbons (Fsp3) is 0.135. The first-order chi connectivity index (χ1) is 22.9. The molecule has 0 fully saturated rings. The molecule has 0 bridgehead atoms. The number of aromatic nitrogens is 2. The van der Waals surface area contributed by atoms with E-state index in [2.05, 4.69) is 11.7 Å². The molecule has 47 heavy (non-hydrogen) atoms. The Morgan fingerprint density at radius 3 is 2.55 bits per heavy atom. The van der Waals surface area contributed by atoms with E-state index in [0.717, 1.165) is 16.5 Å². The summed E-state index contributed by atoms with van der Waals surface area (Å²) in [6.45, 7) is 6.35. The molecule has 0 aliphatic heterocycles. The molecule has 10 heteroatoms. The molecule has 0 aliphatic carbocycles. The topological polar surface area (TPSA) is 125 Å². The first-order valence-corrected chi connectivity index (χ1v) is 14.9. The lowest BCUT2D eigenvalue weighted by Gasteiger charge is -2.17. The van der Waals surface area contributed by atoms with E-state index < -0.39 is 5.97 Å². The molecule has 0 spiro atoms. The zero-order chi connectivity index (χ0) is 32.9. The molecular formula is C37H31N3O7. The molecule has 0 amide bonds. The minimum absolute atomic E-state index is 0.196. The van der Waals surface area contributed by atoms with Crippen LogP contribution in [-0.2, 0) is 13.0 Å². The largest absolute Gasteiger partial charge is 0.496 e. The van der Waals surface area contributed by atoms with Crippen molar-refractivity contribution in [3.8, 4) is 28.8 Å². The van der Waals surface area contributed by atoms with Crippen molar-refractivity contribution in [1.82, 2.24) is 9.66 Å². The normalized spacial score (nSPS) is 11.3. The molecule has 236 valence electrons. The summed E-state index contributed by atoms with van der Waals surface area (Å²) in [7, 11) is 1.59. The smallest absolute Gasteiger partial charge is 0.335 e. The first kappa shape index (κ1) is 30.8. The quantitative estimate of drug-likeness (QED) is 0.112. The Labute approximate surface area is 269 Å². The summed E-state index contributed by atoms with van der Waals surface area (Å²) in [4.78, 5) is 29.8. The molecule has 0 atom stereocenters. The van der Waals surface area contributed by atoms with Crippen molar-refractivity contribution < 1.29 is 28.5 Å². The van der Waals surface area contributed by atoms with Crippen LogP contribution in [0.5, 0.6) is 17.2 Å². The van der Waals surface area contributed by atoms with Crippen LogP contribution < -0.4 is 19.8 Å². The lowest BCUT2D eigenvalue weighted by Crippen LogP contribution is -2.20. The number of para-hydroxylation sites is 1. The number of carboxylic acid groups (broad SMARTS) is 1. The third-order valence-electron chi connectivity index (χ3n) is 7.44. The maximum Gasteiger partial charge on any atom is 0.335 e. The number of carbonyl (C=O) groups is 1. The molecule has 10 nitrogen and oxygen atoms in total. The molecule has 1 N–H and O–H groups in total. The van der Waals surface area contributed by atoms with Gasteiger partial charge in [0.15, 0.2) is 17.3 Å². The van der Waals surface area contributed by atoms with E-state index >= 15 is 0 Å². The first-order valence-electron chi connectivity index (χ1n) is 14.9. The van der Waals surface area contributed by atoms with E-state index in [0.29, 0.717) is 58.1 Å². The second-order valence-corrected chi connectivity index (χ2v) is 10.5. The van der Waals surface area contributed by atoms with Crippen molar-refractivity contribution >= 4 is 34.1 Å². The van der Waals surface area contributed by atoms with Gasteiger partial charge in [-0.15, -0.1) is 6.58 Å². The highest BCUT2D eigenvalue weighted by atomic mass is 16.5. The Morgan fingerprint density at radius 1 is 1.00 bits per heavy atom. The van der Waals surface area contributed by atoms with Crippen LogP contribution in [0.2, 0.25) is 0 Å². The van der Waals surface area contributed by atoms with Crippen LogP contribution >= 0.6 is 0 Å². The number of methoxy groups -OCH3 is 1.